The van der Waals surface area contributed by atoms with Gasteiger partial charge in [0.25, 0.3) is 0 Å². The number of halogens is 2. The maximum atomic E-state index is 14.2. The molecule has 1 unspecified atom stereocenters. The van der Waals surface area contributed by atoms with Crippen LogP contribution >= 0.6 is 22.6 Å². The maximum Gasteiger partial charge on any atom is 0.142 e. The summed E-state index contributed by atoms with van der Waals surface area (Å²) in [5.41, 5.74) is 2.51. The summed E-state index contributed by atoms with van der Waals surface area (Å²) < 4.78 is 21.0. The molecule has 2 nitrogen and oxygen atoms in total. The molecule has 0 radical (unpaired) electrons. The lowest BCUT2D eigenvalue weighted by atomic mass is 9.82. The molecule has 5 rings (SSSR count). The highest BCUT2D eigenvalue weighted by atomic mass is 127. The van der Waals surface area contributed by atoms with E-state index in [4.69, 9.17) is 4.74 Å². The molecular formula is C25H18FIO2. The molecule has 0 saturated heterocycles. The van der Waals surface area contributed by atoms with Crippen LogP contribution in [-0.4, -0.2) is 11.7 Å². The van der Waals surface area contributed by atoms with Gasteiger partial charge in [-0.25, -0.2) is 4.39 Å². The number of fused-ring (bicyclic) bond motifs is 5. The van der Waals surface area contributed by atoms with E-state index in [0.29, 0.717) is 17.9 Å². The molecule has 1 aliphatic carbocycles. The zero-order valence-corrected chi connectivity index (χ0v) is 17.9. The molecule has 0 heterocycles. The average Bonchev–Trinajstić information content (AvgIpc) is 2.99. The van der Waals surface area contributed by atoms with Crippen molar-refractivity contribution in [1.29, 1.82) is 0 Å². The van der Waals surface area contributed by atoms with Gasteiger partial charge in [0.15, 0.2) is 0 Å². The minimum absolute atomic E-state index is 0.373. The summed E-state index contributed by atoms with van der Waals surface area (Å²) in [6.07, 6.45) is 0. The lowest BCUT2D eigenvalue weighted by molar-refractivity contribution is 0.131. The van der Waals surface area contributed by atoms with Crippen molar-refractivity contribution >= 4 is 33.4 Å². The van der Waals surface area contributed by atoms with Crippen LogP contribution in [0.1, 0.15) is 23.6 Å². The van der Waals surface area contributed by atoms with Gasteiger partial charge in [-0.3, -0.25) is 0 Å². The Morgan fingerprint density at radius 1 is 1.00 bits per heavy atom. The number of hydrogen-bond donors (Lipinski definition) is 1. The third kappa shape index (κ3) is 2.69. The third-order valence-corrected chi connectivity index (χ3v) is 6.42. The molecule has 1 aliphatic rings. The van der Waals surface area contributed by atoms with E-state index in [1.165, 1.54) is 12.1 Å². The molecular weight excluding hydrogens is 478 g/mol. The Morgan fingerprint density at radius 3 is 2.62 bits per heavy atom. The van der Waals surface area contributed by atoms with E-state index in [1.54, 1.807) is 12.1 Å². The van der Waals surface area contributed by atoms with Crippen LogP contribution in [0, 0.1) is 9.39 Å². The normalized spacial score (nSPS) is 17.2. The smallest absolute Gasteiger partial charge is 0.142 e. The summed E-state index contributed by atoms with van der Waals surface area (Å²) in [4.78, 5) is 0. The van der Waals surface area contributed by atoms with Gasteiger partial charge >= 0.3 is 0 Å². The lowest BCUT2D eigenvalue weighted by Gasteiger charge is -2.28. The Labute approximate surface area is 182 Å². The van der Waals surface area contributed by atoms with Crippen LogP contribution in [-0.2, 0) is 5.60 Å². The van der Waals surface area contributed by atoms with E-state index < -0.39 is 5.60 Å². The topological polar surface area (TPSA) is 29.5 Å². The number of rotatable bonds is 3. The van der Waals surface area contributed by atoms with E-state index in [1.807, 2.05) is 49.4 Å². The number of ether oxygens (including phenoxy) is 1. The average molecular weight is 496 g/mol. The van der Waals surface area contributed by atoms with Crippen molar-refractivity contribution in [2.75, 3.05) is 6.61 Å². The molecule has 0 fully saturated rings. The van der Waals surface area contributed by atoms with Crippen LogP contribution in [0.25, 0.3) is 21.9 Å². The molecule has 0 amide bonds. The van der Waals surface area contributed by atoms with Crippen molar-refractivity contribution in [3.63, 3.8) is 0 Å². The maximum absolute atomic E-state index is 14.2. The molecule has 4 heteroatoms. The van der Waals surface area contributed by atoms with Crippen LogP contribution in [0.5, 0.6) is 5.75 Å². The van der Waals surface area contributed by atoms with Gasteiger partial charge in [0.1, 0.15) is 17.2 Å². The first-order valence-electron chi connectivity index (χ1n) is 9.52. The number of hydrogen-bond acceptors (Lipinski definition) is 2. The molecule has 4 aromatic rings. The highest BCUT2D eigenvalue weighted by molar-refractivity contribution is 14.1. The van der Waals surface area contributed by atoms with Crippen LogP contribution in [0.3, 0.4) is 0 Å². The van der Waals surface area contributed by atoms with Crippen LogP contribution in [0.4, 0.5) is 4.39 Å². The van der Waals surface area contributed by atoms with Crippen molar-refractivity contribution in [3.05, 3.63) is 98.9 Å². The Kier molecular flexibility index (Phi) is 4.37. The van der Waals surface area contributed by atoms with Gasteiger partial charge in [0, 0.05) is 20.3 Å². The zero-order valence-electron chi connectivity index (χ0n) is 15.7. The zero-order chi connectivity index (χ0) is 20.2. The summed E-state index contributed by atoms with van der Waals surface area (Å²) in [5, 5.41) is 14.3. The summed E-state index contributed by atoms with van der Waals surface area (Å²) in [6, 6.07) is 22.2. The van der Waals surface area contributed by atoms with E-state index in [-0.39, 0.29) is 5.82 Å². The van der Waals surface area contributed by atoms with Gasteiger partial charge in [0.2, 0.25) is 0 Å². The van der Waals surface area contributed by atoms with Gasteiger partial charge < -0.3 is 9.84 Å². The predicted octanol–water partition coefficient (Wildman–Crippen LogP) is 6.25. The van der Waals surface area contributed by atoms with Gasteiger partial charge in [-0.2, -0.15) is 0 Å². The molecule has 1 N–H and O–H groups in total. The van der Waals surface area contributed by atoms with Gasteiger partial charge in [-0.1, -0.05) is 42.5 Å². The standard InChI is InChI=1S/C25H18FIO2/c1-2-29-18-10-11-20-21(14-18)25(28,16-7-5-8-17(26)13-16)24-19-9-4-3-6-15(19)12-22(27)23(20)24/h3-14,28H,2H2,1H3. The molecule has 0 aromatic heterocycles. The second-order valence-electron chi connectivity index (χ2n) is 7.19. The van der Waals surface area contributed by atoms with Crippen molar-refractivity contribution in [3.8, 4) is 16.9 Å². The number of benzene rings is 4. The Morgan fingerprint density at radius 2 is 1.83 bits per heavy atom. The van der Waals surface area contributed by atoms with E-state index >= 15 is 0 Å². The molecule has 0 saturated carbocycles. The largest absolute Gasteiger partial charge is 0.494 e. The Bertz CT molecular complexity index is 1270. The quantitative estimate of drug-likeness (QED) is 0.340. The first-order valence-corrected chi connectivity index (χ1v) is 10.6. The Hall–Kier alpha value is -2.44. The van der Waals surface area contributed by atoms with E-state index in [9.17, 15) is 9.50 Å². The highest BCUT2D eigenvalue weighted by Crippen LogP contribution is 2.55. The molecule has 29 heavy (non-hydrogen) atoms. The molecule has 144 valence electrons. The summed E-state index contributed by atoms with van der Waals surface area (Å²) in [5.74, 6) is 0.315. The van der Waals surface area contributed by atoms with Gasteiger partial charge in [-0.05, 0) is 81.7 Å². The first kappa shape index (κ1) is 18.6. The SMILES string of the molecule is CCOc1ccc2c(c1)C(O)(c1cccc(F)c1)c1c-2c(I)cc2ccccc12. The fourth-order valence-corrected chi connectivity index (χ4v) is 5.29. The van der Waals surface area contributed by atoms with Crippen LogP contribution in [0.2, 0.25) is 0 Å². The van der Waals surface area contributed by atoms with Crippen molar-refractivity contribution in [2.24, 2.45) is 0 Å². The summed E-state index contributed by atoms with van der Waals surface area (Å²) in [6.45, 7) is 2.46. The molecule has 0 bridgehead atoms. The van der Waals surface area contributed by atoms with Crippen molar-refractivity contribution < 1.29 is 14.2 Å². The summed E-state index contributed by atoms with van der Waals surface area (Å²) in [7, 11) is 0. The molecule has 4 aromatic carbocycles. The molecule has 0 spiro atoms. The van der Waals surface area contributed by atoms with E-state index in [0.717, 1.165) is 36.6 Å². The second kappa shape index (κ2) is 6.82. The minimum atomic E-state index is -1.47. The lowest BCUT2D eigenvalue weighted by Crippen LogP contribution is -2.26. The Balaban J connectivity index is 1.94. The van der Waals surface area contributed by atoms with E-state index in [2.05, 4.69) is 28.7 Å². The third-order valence-electron chi connectivity index (χ3n) is 5.57. The fraction of sp³-hybridized carbons (Fsp3) is 0.120. The van der Waals surface area contributed by atoms with Crippen LogP contribution < -0.4 is 4.74 Å². The fourth-order valence-electron chi connectivity index (χ4n) is 4.40. The van der Waals surface area contributed by atoms with Crippen LogP contribution in [0.15, 0.2) is 72.8 Å². The monoisotopic (exact) mass is 496 g/mol. The van der Waals surface area contributed by atoms with Gasteiger partial charge in [-0.15, -0.1) is 0 Å². The highest BCUT2D eigenvalue weighted by Gasteiger charge is 2.45. The predicted molar refractivity (Wildman–Crippen MR) is 122 cm³/mol. The molecule has 0 aliphatic heterocycles. The molecule has 1 atom stereocenters. The van der Waals surface area contributed by atoms with Crippen molar-refractivity contribution in [2.45, 2.75) is 12.5 Å². The number of aliphatic hydroxyl groups is 1. The van der Waals surface area contributed by atoms with Gasteiger partial charge in [0.05, 0.1) is 6.61 Å². The summed E-state index contributed by atoms with van der Waals surface area (Å²) >= 11 is 2.32. The van der Waals surface area contributed by atoms with Crippen molar-refractivity contribution in [1.82, 2.24) is 0 Å². The first-order chi connectivity index (χ1) is 14.0. The second-order valence-corrected chi connectivity index (χ2v) is 8.35. The minimum Gasteiger partial charge on any atom is -0.494 e.